The molecule has 106 valence electrons. The number of likely N-dealkylation sites (tertiary alicyclic amines) is 1. The van der Waals surface area contributed by atoms with Crippen molar-refractivity contribution in [2.75, 3.05) is 26.2 Å². The van der Waals surface area contributed by atoms with Crippen LogP contribution in [0.25, 0.3) is 0 Å². The first-order valence-corrected chi connectivity index (χ1v) is 6.79. The lowest BCUT2D eigenvalue weighted by Gasteiger charge is -2.31. The summed E-state index contributed by atoms with van der Waals surface area (Å²) in [5.41, 5.74) is 6.47. The van der Waals surface area contributed by atoms with Crippen LogP contribution >= 0.6 is 0 Å². The number of pyridine rings is 1. The maximum atomic E-state index is 12.3. The smallest absolute Gasteiger partial charge is 0.272 e. The second kappa shape index (κ2) is 7.04. The quantitative estimate of drug-likeness (QED) is 0.756. The zero-order valence-corrected chi connectivity index (χ0v) is 11.4. The van der Waals surface area contributed by atoms with E-state index in [2.05, 4.69) is 16.8 Å². The van der Waals surface area contributed by atoms with Gasteiger partial charge in [0, 0.05) is 31.5 Å². The molecule has 1 saturated heterocycles. The summed E-state index contributed by atoms with van der Waals surface area (Å²) in [6.07, 6.45) is 3.49. The van der Waals surface area contributed by atoms with Gasteiger partial charge in [-0.25, -0.2) is 4.98 Å². The van der Waals surface area contributed by atoms with Crippen LogP contribution in [0.1, 0.15) is 28.9 Å². The lowest BCUT2D eigenvalue weighted by molar-refractivity contribution is 0.0615. The van der Waals surface area contributed by atoms with E-state index in [4.69, 9.17) is 5.73 Å². The number of hydrogen-bond acceptors (Lipinski definition) is 4. The normalized spacial score (nSPS) is 18.3. The molecule has 1 fully saturated rings. The summed E-state index contributed by atoms with van der Waals surface area (Å²) in [6, 6.07) is 3.46. The van der Waals surface area contributed by atoms with Crippen molar-refractivity contribution in [2.45, 2.75) is 12.8 Å². The Morgan fingerprint density at radius 2 is 2.40 bits per heavy atom. The summed E-state index contributed by atoms with van der Waals surface area (Å²) in [7, 11) is 0. The number of carbonyl (C=O) groups excluding carboxylic acids is 1. The van der Waals surface area contributed by atoms with Crippen molar-refractivity contribution in [3.05, 3.63) is 29.6 Å². The van der Waals surface area contributed by atoms with Gasteiger partial charge in [0.25, 0.3) is 5.91 Å². The number of rotatable bonds is 2. The number of hydrogen-bond donors (Lipinski definition) is 2. The molecule has 0 radical (unpaired) electrons. The van der Waals surface area contributed by atoms with Crippen molar-refractivity contribution in [1.82, 2.24) is 9.88 Å². The Kier molecular flexibility index (Phi) is 5.10. The number of nitrogens with zero attached hydrogens (tertiary/aromatic N) is 2. The Morgan fingerprint density at radius 3 is 3.05 bits per heavy atom. The molecule has 0 spiro atoms. The molecule has 0 aliphatic carbocycles. The molecule has 0 bridgehead atoms. The standard InChI is InChI=1S/C15H19N3O2/c16-7-1-3-12-5-6-14(17-9-12)15(20)18-8-2-4-13(10-18)11-19/h5-6,9,13,19H,2,4,7-8,10-11,16H2. The molecule has 5 heteroatoms. The maximum Gasteiger partial charge on any atom is 0.272 e. The van der Waals surface area contributed by atoms with Crippen LogP contribution in [-0.4, -0.2) is 47.1 Å². The first-order valence-electron chi connectivity index (χ1n) is 6.79. The van der Waals surface area contributed by atoms with Crippen LogP contribution in [0.5, 0.6) is 0 Å². The summed E-state index contributed by atoms with van der Waals surface area (Å²) in [5.74, 6) is 5.72. The number of nitrogens with two attached hydrogens (primary N) is 1. The van der Waals surface area contributed by atoms with Crippen molar-refractivity contribution >= 4 is 5.91 Å². The summed E-state index contributed by atoms with van der Waals surface area (Å²) >= 11 is 0. The number of aliphatic hydroxyl groups is 1. The van der Waals surface area contributed by atoms with Gasteiger partial charge < -0.3 is 15.7 Å². The van der Waals surface area contributed by atoms with Crippen molar-refractivity contribution in [3.63, 3.8) is 0 Å². The molecule has 1 aromatic rings. The van der Waals surface area contributed by atoms with Crippen LogP contribution in [0, 0.1) is 17.8 Å². The summed E-state index contributed by atoms with van der Waals surface area (Å²) in [6.45, 7) is 1.76. The fourth-order valence-corrected chi connectivity index (χ4v) is 2.31. The third kappa shape index (κ3) is 3.56. The van der Waals surface area contributed by atoms with Crippen LogP contribution in [-0.2, 0) is 0 Å². The van der Waals surface area contributed by atoms with Gasteiger partial charge in [0.15, 0.2) is 0 Å². The molecule has 0 saturated carbocycles. The SMILES string of the molecule is NCC#Cc1ccc(C(=O)N2CCCC(CO)C2)nc1. The largest absolute Gasteiger partial charge is 0.396 e. The third-order valence-corrected chi connectivity index (χ3v) is 3.38. The van der Waals surface area contributed by atoms with E-state index in [0.717, 1.165) is 24.9 Å². The minimum Gasteiger partial charge on any atom is -0.396 e. The van der Waals surface area contributed by atoms with Crippen LogP contribution in [0.4, 0.5) is 0 Å². The van der Waals surface area contributed by atoms with Gasteiger partial charge in [-0.1, -0.05) is 11.8 Å². The highest BCUT2D eigenvalue weighted by Crippen LogP contribution is 2.17. The molecule has 5 nitrogen and oxygen atoms in total. The molecule has 1 aliphatic heterocycles. The van der Waals surface area contributed by atoms with E-state index in [9.17, 15) is 9.90 Å². The monoisotopic (exact) mass is 273 g/mol. The molecule has 2 rings (SSSR count). The Labute approximate surface area is 118 Å². The summed E-state index contributed by atoms with van der Waals surface area (Å²) in [4.78, 5) is 18.2. The molecule has 1 atom stereocenters. The van der Waals surface area contributed by atoms with Gasteiger partial charge in [-0.15, -0.1) is 0 Å². The van der Waals surface area contributed by atoms with Crippen molar-refractivity contribution in [3.8, 4) is 11.8 Å². The molecular weight excluding hydrogens is 254 g/mol. The maximum absolute atomic E-state index is 12.3. The third-order valence-electron chi connectivity index (χ3n) is 3.38. The fourth-order valence-electron chi connectivity index (χ4n) is 2.31. The number of aliphatic hydroxyl groups excluding tert-OH is 1. The lowest BCUT2D eigenvalue weighted by atomic mass is 9.99. The Hall–Kier alpha value is -1.90. The second-order valence-corrected chi connectivity index (χ2v) is 4.88. The molecule has 0 aromatic carbocycles. The van der Waals surface area contributed by atoms with Gasteiger partial charge in [0.05, 0.1) is 6.54 Å². The molecule has 2 heterocycles. The highest BCUT2D eigenvalue weighted by Gasteiger charge is 2.24. The van der Waals surface area contributed by atoms with Gasteiger partial charge in [-0.3, -0.25) is 4.79 Å². The zero-order chi connectivity index (χ0) is 14.4. The first kappa shape index (κ1) is 14.5. The van der Waals surface area contributed by atoms with Gasteiger partial charge in [0.2, 0.25) is 0 Å². The van der Waals surface area contributed by atoms with Crippen LogP contribution < -0.4 is 5.73 Å². The predicted molar refractivity (Wildman–Crippen MR) is 75.9 cm³/mol. The lowest BCUT2D eigenvalue weighted by Crippen LogP contribution is -2.41. The average Bonchev–Trinajstić information content (AvgIpc) is 2.52. The van der Waals surface area contributed by atoms with Gasteiger partial charge >= 0.3 is 0 Å². The molecule has 1 amide bonds. The molecule has 1 aromatic heterocycles. The number of aromatic nitrogens is 1. The van der Waals surface area contributed by atoms with Gasteiger partial charge in [-0.2, -0.15) is 0 Å². The van der Waals surface area contributed by atoms with Crippen LogP contribution in [0.2, 0.25) is 0 Å². The second-order valence-electron chi connectivity index (χ2n) is 4.88. The van der Waals surface area contributed by atoms with E-state index >= 15 is 0 Å². The highest BCUT2D eigenvalue weighted by atomic mass is 16.3. The van der Waals surface area contributed by atoms with E-state index < -0.39 is 0 Å². The van der Waals surface area contributed by atoms with E-state index in [-0.39, 0.29) is 18.4 Å². The Morgan fingerprint density at radius 1 is 1.55 bits per heavy atom. The molecule has 3 N–H and O–H groups in total. The van der Waals surface area contributed by atoms with Crippen LogP contribution in [0.3, 0.4) is 0 Å². The molecule has 1 unspecified atom stereocenters. The number of amides is 1. The van der Waals surface area contributed by atoms with E-state index in [1.165, 1.54) is 0 Å². The first-order chi connectivity index (χ1) is 9.74. The highest BCUT2D eigenvalue weighted by molar-refractivity contribution is 5.92. The average molecular weight is 273 g/mol. The van der Waals surface area contributed by atoms with Crippen LogP contribution in [0.15, 0.2) is 18.3 Å². The minimum absolute atomic E-state index is 0.0820. The van der Waals surface area contributed by atoms with Crippen molar-refractivity contribution in [1.29, 1.82) is 0 Å². The minimum atomic E-state index is -0.0820. The predicted octanol–water partition coefficient (Wildman–Crippen LogP) is 0.236. The molecular formula is C15H19N3O2. The van der Waals surface area contributed by atoms with E-state index in [0.29, 0.717) is 18.8 Å². The van der Waals surface area contributed by atoms with Crippen molar-refractivity contribution < 1.29 is 9.90 Å². The zero-order valence-electron chi connectivity index (χ0n) is 11.4. The fraction of sp³-hybridized carbons (Fsp3) is 0.467. The van der Waals surface area contributed by atoms with E-state index in [1.807, 2.05) is 0 Å². The number of carbonyl (C=O) groups is 1. The number of piperidine rings is 1. The molecule has 20 heavy (non-hydrogen) atoms. The topological polar surface area (TPSA) is 79.5 Å². The molecule has 1 aliphatic rings. The Bertz CT molecular complexity index is 516. The summed E-state index contributed by atoms with van der Waals surface area (Å²) in [5, 5.41) is 9.20. The van der Waals surface area contributed by atoms with E-state index in [1.54, 1.807) is 23.2 Å². The Balaban J connectivity index is 2.05. The van der Waals surface area contributed by atoms with Gasteiger partial charge in [0.1, 0.15) is 5.69 Å². The van der Waals surface area contributed by atoms with Gasteiger partial charge in [-0.05, 0) is 30.9 Å². The van der Waals surface area contributed by atoms with Crippen molar-refractivity contribution in [2.24, 2.45) is 11.7 Å². The summed E-state index contributed by atoms with van der Waals surface area (Å²) < 4.78 is 0.